The summed E-state index contributed by atoms with van der Waals surface area (Å²) in [5.74, 6) is -0.182. The number of nitrogens with one attached hydrogen (secondary N) is 1. The van der Waals surface area contributed by atoms with E-state index < -0.39 is 11.6 Å². The number of hydrogen-bond donors (Lipinski definition) is 2. The maximum absolute atomic E-state index is 12.4. The fraction of sp³-hybridized carbons (Fsp3) is 0.333. The lowest BCUT2D eigenvalue weighted by atomic mass is 10.1. The molecule has 0 spiro atoms. The molecule has 1 aliphatic rings. The van der Waals surface area contributed by atoms with Crippen LogP contribution in [0.2, 0.25) is 5.02 Å². The molecule has 1 saturated carbocycles. The standard InChI is InChI=1S/C15H15ClN2O2/c1-9(19)15(5-6-15)18-14(20)12-4-7-17-13-8-10(16)2-3-11(12)13/h2-4,7-9,19H,5-6H2,1H3,(H,18,20). The number of halogens is 1. The highest BCUT2D eigenvalue weighted by Gasteiger charge is 2.48. The third-order valence-corrected chi connectivity index (χ3v) is 4.14. The first kappa shape index (κ1) is 13.3. The molecule has 1 aromatic carbocycles. The smallest absolute Gasteiger partial charge is 0.252 e. The highest BCUT2D eigenvalue weighted by atomic mass is 35.5. The molecule has 1 aliphatic carbocycles. The summed E-state index contributed by atoms with van der Waals surface area (Å²) >= 11 is 5.94. The quantitative estimate of drug-likeness (QED) is 0.913. The second kappa shape index (κ2) is 4.72. The van der Waals surface area contributed by atoms with Gasteiger partial charge in [-0.3, -0.25) is 9.78 Å². The van der Waals surface area contributed by atoms with Gasteiger partial charge in [0, 0.05) is 16.6 Å². The Morgan fingerprint density at radius 1 is 1.45 bits per heavy atom. The minimum Gasteiger partial charge on any atom is -0.391 e. The maximum atomic E-state index is 12.4. The Morgan fingerprint density at radius 2 is 2.20 bits per heavy atom. The van der Waals surface area contributed by atoms with Crippen molar-refractivity contribution in [3.63, 3.8) is 0 Å². The van der Waals surface area contributed by atoms with Crippen LogP contribution in [0.5, 0.6) is 0 Å². The molecule has 3 rings (SSSR count). The van der Waals surface area contributed by atoms with Crippen LogP contribution in [0.4, 0.5) is 0 Å². The number of fused-ring (bicyclic) bond motifs is 1. The van der Waals surface area contributed by atoms with Crippen molar-refractivity contribution in [2.24, 2.45) is 0 Å². The van der Waals surface area contributed by atoms with Crippen LogP contribution in [0.15, 0.2) is 30.5 Å². The van der Waals surface area contributed by atoms with Crippen molar-refractivity contribution in [2.45, 2.75) is 31.4 Å². The van der Waals surface area contributed by atoms with Crippen molar-refractivity contribution in [3.8, 4) is 0 Å². The van der Waals surface area contributed by atoms with E-state index in [-0.39, 0.29) is 5.91 Å². The zero-order valence-corrected chi connectivity index (χ0v) is 11.8. The van der Waals surface area contributed by atoms with Crippen LogP contribution >= 0.6 is 11.6 Å². The van der Waals surface area contributed by atoms with Crippen LogP contribution < -0.4 is 5.32 Å². The molecule has 1 fully saturated rings. The third kappa shape index (κ3) is 2.25. The van der Waals surface area contributed by atoms with E-state index in [1.54, 1.807) is 37.4 Å². The summed E-state index contributed by atoms with van der Waals surface area (Å²) < 4.78 is 0. The van der Waals surface area contributed by atoms with E-state index in [1.165, 1.54) is 0 Å². The number of hydrogen-bond acceptors (Lipinski definition) is 3. The number of rotatable bonds is 3. The average molecular weight is 291 g/mol. The molecule has 1 atom stereocenters. The largest absolute Gasteiger partial charge is 0.391 e. The van der Waals surface area contributed by atoms with Gasteiger partial charge in [0.2, 0.25) is 0 Å². The first-order valence-corrected chi connectivity index (χ1v) is 6.94. The van der Waals surface area contributed by atoms with Gasteiger partial charge in [-0.25, -0.2) is 0 Å². The van der Waals surface area contributed by atoms with Crippen molar-refractivity contribution in [2.75, 3.05) is 0 Å². The van der Waals surface area contributed by atoms with E-state index >= 15 is 0 Å². The predicted octanol–water partition coefficient (Wildman–Crippen LogP) is 2.53. The van der Waals surface area contributed by atoms with E-state index in [2.05, 4.69) is 10.3 Å². The molecule has 1 amide bonds. The number of pyridine rings is 1. The van der Waals surface area contributed by atoms with Gasteiger partial charge < -0.3 is 10.4 Å². The Labute approximate surface area is 121 Å². The number of amides is 1. The summed E-state index contributed by atoms with van der Waals surface area (Å²) in [4.78, 5) is 16.6. The van der Waals surface area contributed by atoms with Crippen LogP contribution in [0, 0.1) is 0 Å². The summed E-state index contributed by atoms with van der Waals surface area (Å²) in [6, 6.07) is 6.95. The van der Waals surface area contributed by atoms with E-state index in [0.717, 1.165) is 18.2 Å². The predicted molar refractivity (Wildman–Crippen MR) is 77.9 cm³/mol. The molecule has 20 heavy (non-hydrogen) atoms. The molecule has 0 aliphatic heterocycles. The van der Waals surface area contributed by atoms with Crippen LogP contribution in [-0.4, -0.2) is 27.6 Å². The van der Waals surface area contributed by atoms with Gasteiger partial charge in [0.05, 0.1) is 22.7 Å². The van der Waals surface area contributed by atoms with E-state index in [4.69, 9.17) is 11.6 Å². The molecular weight excluding hydrogens is 276 g/mol. The summed E-state index contributed by atoms with van der Waals surface area (Å²) in [5, 5.41) is 14.0. The lowest BCUT2D eigenvalue weighted by Crippen LogP contribution is -2.44. The van der Waals surface area contributed by atoms with Gasteiger partial charge >= 0.3 is 0 Å². The first-order valence-electron chi connectivity index (χ1n) is 6.57. The molecule has 2 N–H and O–H groups in total. The van der Waals surface area contributed by atoms with Gasteiger partial charge in [0.1, 0.15) is 0 Å². The molecule has 2 aromatic rings. The molecule has 5 heteroatoms. The Bertz CT molecular complexity index is 681. The van der Waals surface area contributed by atoms with Gasteiger partial charge in [-0.05, 0) is 38.0 Å². The molecular formula is C15H15ClN2O2. The number of carbonyl (C=O) groups excluding carboxylic acids is 1. The van der Waals surface area contributed by atoms with E-state index in [9.17, 15) is 9.90 Å². The first-order chi connectivity index (χ1) is 9.52. The molecule has 104 valence electrons. The highest BCUT2D eigenvalue weighted by Crippen LogP contribution is 2.39. The maximum Gasteiger partial charge on any atom is 0.252 e. The van der Waals surface area contributed by atoms with Gasteiger partial charge in [0.25, 0.3) is 5.91 Å². The lowest BCUT2D eigenvalue weighted by molar-refractivity contribution is 0.0832. The summed E-state index contributed by atoms with van der Waals surface area (Å²) in [7, 11) is 0. The molecule has 1 unspecified atom stereocenters. The van der Waals surface area contributed by atoms with Crippen LogP contribution in [-0.2, 0) is 0 Å². The summed E-state index contributed by atoms with van der Waals surface area (Å²) in [6.45, 7) is 1.71. The highest BCUT2D eigenvalue weighted by molar-refractivity contribution is 6.31. The second-order valence-electron chi connectivity index (χ2n) is 5.31. The van der Waals surface area contributed by atoms with Crippen LogP contribution in [0.1, 0.15) is 30.1 Å². The Kier molecular flexibility index (Phi) is 3.15. The number of carbonyl (C=O) groups is 1. The van der Waals surface area contributed by atoms with E-state index in [1.807, 2.05) is 0 Å². The number of benzene rings is 1. The number of aliphatic hydroxyl groups is 1. The zero-order valence-electron chi connectivity index (χ0n) is 11.1. The van der Waals surface area contributed by atoms with Crippen molar-refractivity contribution < 1.29 is 9.90 Å². The minimum atomic E-state index is -0.547. The molecule has 0 saturated heterocycles. The van der Waals surface area contributed by atoms with Crippen molar-refractivity contribution in [1.29, 1.82) is 0 Å². The Balaban J connectivity index is 1.96. The van der Waals surface area contributed by atoms with Gasteiger partial charge in [-0.15, -0.1) is 0 Å². The lowest BCUT2D eigenvalue weighted by Gasteiger charge is -2.20. The Morgan fingerprint density at radius 3 is 2.85 bits per heavy atom. The van der Waals surface area contributed by atoms with Crippen molar-refractivity contribution in [1.82, 2.24) is 10.3 Å². The Hall–Kier alpha value is -1.65. The number of aliphatic hydroxyl groups excluding tert-OH is 1. The normalized spacial score (nSPS) is 17.8. The minimum absolute atomic E-state index is 0.182. The van der Waals surface area contributed by atoms with Crippen molar-refractivity contribution in [3.05, 3.63) is 41.0 Å². The number of nitrogens with zero attached hydrogens (tertiary/aromatic N) is 1. The molecule has 4 nitrogen and oxygen atoms in total. The molecule has 1 aromatic heterocycles. The fourth-order valence-electron chi connectivity index (χ4n) is 2.39. The summed E-state index contributed by atoms with van der Waals surface area (Å²) in [5.41, 5.74) is 0.782. The second-order valence-corrected chi connectivity index (χ2v) is 5.74. The van der Waals surface area contributed by atoms with Gasteiger partial charge in [-0.2, -0.15) is 0 Å². The third-order valence-electron chi connectivity index (χ3n) is 3.90. The van der Waals surface area contributed by atoms with Gasteiger partial charge in [0.15, 0.2) is 0 Å². The molecule has 1 heterocycles. The zero-order chi connectivity index (χ0) is 14.3. The fourth-order valence-corrected chi connectivity index (χ4v) is 2.56. The average Bonchev–Trinajstić information content (AvgIpc) is 3.18. The van der Waals surface area contributed by atoms with Crippen molar-refractivity contribution >= 4 is 28.4 Å². The van der Waals surface area contributed by atoms with E-state index in [0.29, 0.717) is 16.1 Å². The van der Waals surface area contributed by atoms with Gasteiger partial charge in [-0.1, -0.05) is 17.7 Å². The number of aromatic nitrogens is 1. The SMILES string of the molecule is CC(O)C1(NC(=O)c2ccnc3cc(Cl)ccc23)CC1. The topological polar surface area (TPSA) is 62.2 Å². The monoisotopic (exact) mass is 290 g/mol. The molecule has 0 bridgehead atoms. The van der Waals surface area contributed by atoms with Crippen LogP contribution in [0.25, 0.3) is 10.9 Å². The summed E-state index contributed by atoms with van der Waals surface area (Å²) in [6.07, 6.45) is 2.67. The molecule has 0 radical (unpaired) electrons. The van der Waals surface area contributed by atoms with Crippen LogP contribution in [0.3, 0.4) is 0 Å².